The fourth-order valence-corrected chi connectivity index (χ4v) is 3.81. The number of rotatable bonds is 7. The maximum atomic E-state index is 12.6. The molecule has 4 rings (SSSR count). The Morgan fingerprint density at radius 3 is 2.41 bits per heavy atom. The predicted octanol–water partition coefficient (Wildman–Crippen LogP) is 4.48. The number of ether oxygens (including phenoxy) is 2. The molecule has 2 unspecified atom stereocenters. The number of carbonyl (C=O) groups is 1. The van der Waals surface area contributed by atoms with Crippen molar-refractivity contribution in [3.8, 4) is 5.75 Å². The van der Waals surface area contributed by atoms with Gasteiger partial charge in [0.25, 0.3) is 5.69 Å². The van der Waals surface area contributed by atoms with E-state index in [1.54, 1.807) is 0 Å². The summed E-state index contributed by atoms with van der Waals surface area (Å²) in [5.41, 5.74) is 2.42. The lowest BCUT2D eigenvalue weighted by molar-refractivity contribution is -0.384. The molecule has 1 saturated heterocycles. The highest BCUT2D eigenvalue weighted by molar-refractivity contribution is 5.89. The largest absolute Gasteiger partial charge is 0.489 e. The minimum absolute atomic E-state index is 0.0569. The molecule has 0 saturated carbocycles. The molecule has 1 aliphatic rings. The normalized spacial score (nSPS) is 18.0. The summed E-state index contributed by atoms with van der Waals surface area (Å²) in [6.07, 6.45) is 0.505. The van der Waals surface area contributed by atoms with Gasteiger partial charge in [0, 0.05) is 24.6 Å². The number of hydrogen-bond acceptors (Lipinski definition) is 6. The van der Waals surface area contributed by atoms with Crippen LogP contribution < -0.4 is 10.1 Å². The van der Waals surface area contributed by atoms with Crippen molar-refractivity contribution in [1.29, 1.82) is 0 Å². The van der Waals surface area contributed by atoms with E-state index in [0.29, 0.717) is 18.7 Å². The molecule has 7 heteroatoms. The van der Waals surface area contributed by atoms with Gasteiger partial charge in [0.1, 0.15) is 18.5 Å². The van der Waals surface area contributed by atoms with Gasteiger partial charge in [-0.05, 0) is 48.4 Å². The molecule has 3 aromatic carbocycles. The zero-order chi connectivity index (χ0) is 22.3. The standard InChI is InChI=1S/C25H24N2O5/c28-25(20-6-10-21(11-7-20)27(29)30)32-24-16-26-15-14-23(24)19-8-12-22(13-9-19)31-17-18-4-2-1-3-5-18/h1-13,23-24,26H,14-17H2. The number of nitrogens with one attached hydrogen (secondary N) is 1. The van der Waals surface area contributed by atoms with Gasteiger partial charge in [-0.3, -0.25) is 10.1 Å². The van der Waals surface area contributed by atoms with Gasteiger partial charge in [0.05, 0.1) is 10.5 Å². The smallest absolute Gasteiger partial charge is 0.338 e. The Hall–Kier alpha value is -3.71. The average molecular weight is 432 g/mol. The molecule has 0 aliphatic carbocycles. The molecular weight excluding hydrogens is 408 g/mol. The first-order chi connectivity index (χ1) is 15.6. The van der Waals surface area contributed by atoms with Gasteiger partial charge in [0.2, 0.25) is 0 Å². The van der Waals surface area contributed by atoms with Gasteiger partial charge < -0.3 is 14.8 Å². The number of hydrogen-bond donors (Lipinski definition) is 1. The maximum absolute atomic E-state index is 12.6. The molecule has 2 atom stereocenters. The van der Waals surface area contributed by atoms with Crippen LogP contribution in [0.2, 0.25) is 0 Å². The zero-order valence-electron chi connectivity index (χ0n) is 17.5. The molecule has 3 aromatic rings. The summed E-state index contributed by atoms with van der Waals surface area (Å²) in [5.74, 6) is 0.355. The number of non-ortho nitro benzene ring substituents is 1. The Morgan fingerprint density at radius 2 is 1.72 bits per heavy atom. The molecule has 0 aromatic heterocycles. The molecule has 0 amide bonds. The van der Waals surface area contributed by atoms with Crippen LogP contribution in [0.1, 0.15) is 33.8 Å². The fraction of sp³-hybridized carbons (Fsp3) is 0.240. The maximum Gasteiger partial charge on any atom is 0.338 e. The van der Waals surface area contributed by atoms with Crippen molar-refractivity contribution < 1.29 is 19.2 Å². The Bertz CT molecular complexity index is 1050. The predicted molar refractivity (Wildman–Crippen MR) is 120 cm³/mol. The van der Waals surface area contributed by atoms with E-state index in [9.17, 15) is 14.9 Å². The summed E-state index contributed by atoms with van der Waals surface area (Å²) in [7, 11) is 0. The summed E-state index contributed by atoms with van der Waals surface area (Å²) in [6.45, 7) is 1.89. The number of nitro groups is 1. The fourth-order valence-electron chi connectivity index (χ4n) is 3.81. The molecule has 164 valence electrons. The van der Waals surface area contributed by atoms with Gasteiger partial charge >= 0.3 is 5.97 Å². The summed E-state index contributed by atoms with van der Waals surface area (Å²) in [6, 6.07) is 23.4. The Balaban J connectivity index is 1.40. The van der Waals surface area contributed by atoms with E-state index in [-0.39, 0.29) is 17.7 Å². The minimum Gasteiger partial charge on any atom is -0.489 e. The van der Waals surface area contributed by atoms with Gasteiger partial charge in [-0.2, -0.15) is 0 Å². The van der Waals surface area contributed by atoms with Crippen LogP contribution in [-0.2, 0) is 11.3 Å². The highest BCUT2D eigenvalue weighted by Crippen LogP contribution is 2.30. The van der Waals surface area contributed by atoms with Gasteiger partial charge in [-0.1, -0.05) is 42.5 Å². The Kier molecular flexibility index (Phi) is 6.77. The van der Waals surface area contributed by atoms with E-state index in [0.717, 1.165) is 29.8 Å². The number of esters is 1. The van der Waals surface area contributed by atoms with E-state index in [4.69, 9.17) is 9.47 Å². The summed E-state index contributed by atoms with van der Waals surface area (Å²) >= 11 is 0. The number of carbonyl (C=O) groups excluding carboxylic acids is 1. The van der Waals surface area contributed by atoms with Crippen molar-refractivity contribution in [2.24, 2.45) is 0 Å². The van der Waals surface area contributed by atoms with Gasteiger partial charge in [0.15, 0.2) is 0 Å². The highest BCUT2D eigenvalue weighted by atomic mass is 16.6. The van der Waals surface area contributed by atoms with Crippen LogP contribution in [0.4, 0.5) is 5.69 Å². The van der Waals surface area contributed by atoms with Crippen molar-refractivity contribution in [2.75, 3.05) is 13.1 Å². The van der Waals surface area contributed by atoms with E-state index in [2.05, 4.69) is 5.32 Å². The van der Waals surface area contributed by atoms with Crippen LogP contribution in [0.15, 0.2) is 78.9 Å². The summed E-state index contributed by atoms with van der Waals surface area (Å²) < 4.78 is 11.6. The Morgan fingerprint density at radius 1 is 1.00 bits per heavy atom. The SMILES string of the molecule is O=C(OC1CNCCC1c1ccc(OCc2ccccc2)cc1)c1ccc([N+](=O)[O-])cc1. The molecule has 1 aliphatic heterocycles. The monoisotopic (exact) mass is 432 g/mol. The lowest BCUT2D eigenvalue weighted by Gasteiger charge is -2.32. The number of piperidine rings is 1. The number of nitrogens with zero attached hydrogens (tertiary/aromatic N) is 1. The van der Waals surface area contributed by atoms with Crippen molar-refractivity contribution >= 4 is 11.7 Å². The molecule has 1 fully saturated rings. The van der Waals surface area contributed by atoms with E-state index in [1.807, 2.05) is 54.6 Å². The third-order valence-corrected chi connectivity index (χ3v) is 5.56. The van der Waals surface area contributed by atoms with Crippen LogP contribution in [-0.4, -0.2) is 30.1 Å². The molecular formula is C25H24N2O5. The van der Waals surface area contributed by atoms with Crippen molar-refractivity contribution in [3.63, 3.8) is 0 Å². The van der Waals surface area contributed by atoms with E-state index < -0.39 is 10.9 Å². The molecule has 0 spiro atoms. The molecule has 0 bridgehead atoms. The molecule has 1 N–H and O–H groups in total. The van der Waals surface area contributed by atoms with Gasteiger partial charge in [-0.15, -0.1) is 0 Å². The van der Waals surface area contributed by atoms with Gasteiger partial charge in [-0.25, -0.2) is 4.79 Å². The number of benzene rings is 3. The first-order valence-corrected chi connectivity index (χ1v) is 10.5. The van der Waals surface area contributed by atoms with Crippen molar-refractivity contribution in [2.45, 2.75) is 25.0 Å². The van der Waals surface area contributed by atoms with Crippen LogP contribution in [0.5, 0.6) is 5.75 Å². The zero-order valence-corrected chi connectivity index (χ0v) is 17.5. The molecule has 32 heavy (non-hydrogen) atoms. The van der Waals surface area contributed by atoms with Crippen molar-refractivity contribution in [3.05, 3.63) is 106 Å². The lowest BCUT2D eigenvalue weighted by atomic mass is 9.87. The first-order valence-electron chi connectivity index (χ1n) is 10.5. The highest BCUT2D eigenvalue weighted by Gasteiger charge is 2.30. The second kappa shape index (κ2) is 10.1. The number of nitro benzene ring substituents is 1. The second-order valence-corrected chi connectivity index (χ2v) is 7.69. The third-order valence-electron chi connectivity index (χ3n) is 5.56. The quantitative estimate of drug-likeness (QED) is 0.336. The van der Waals surface area contributed by atoms with E-state index >= 15 is 0 Å². The molecule has 7 nitrogen and oxygen atoms in total. The third kappa shape index (κ3) is 5.31. The first kappa shape index (κ1) is 21.5. The summed E-state index contributed by atoms with van der Waals surface area (Å²) in [5, 5.41) is 14.1. The topological polar surface area (TPSA) is 90.7 Å². The van der Waals surface area contributed by atoms with Crippen LogP contribution in [0.25, 0.3) is 0 Å². The average Bonchev–Trinajstić information content (AvgIpc) is 2.84. The molecule has 0 radical (unpaired) electrons. The molecule has 1 heterocycles. The lowest BCUT2D eigenvalue weighted by Crippen LogP contribution is -2.42. The van der Waals surface area contributed by atoms with Crippen LogP contribution in [0.3, 0.4) is 0 Å². The van der Waals surface area contributed by atoms with Crippen molar-refractivity contribution in [1.82, 2.24) is 5.32 Å². The Labute approximate surface area is 186 Å². The van der Waals surface area contributed by atoms with Crippen LogP contribution in [0, 0.1) is 10.1 Å². The minimum atomic E-state index is -0.497. The second-order valence-electron chi connectivity index (χ2n) is 7.69. The van der Waals surface area contributed by atoms with Crippen LogP contribution >= 0.6 is 0 Å². The summed E-state index contributed by atoms with van der Waals surface area (Å²) in [4.78, 5) is 22.9. The van der Waals surface area contributed by atoms with E-state index in [1.165, 1.54) is 24.3 Å².